The number of carbonyl (C=O) groups is 1. The van der Waals surface area contributed by atoms with Gasteiger partial charge in [0.1, 0.15) is 17.0 Å². The molecule has 1 saturated heterocycles. The number of anilines is 2. The van der Waals surface area contributed by atoms with Gasteiger partial charge in [0.15, 0.2) is 0 Å². The number of nitrogens with zero attached hydrogens (tertiary/aromatic N) is 5. The summed E-state index contributed by atoms with van der Waals surface area (Å²) in [5, 5.41) is 4.00. The van der Waals surface area contributed by atoms with E-state index in [0.29, 0.717) is 42.0 Å². The van der Waals surface area contributed by atoms with E-state index in [9.17, 15) is 14.0 Å². The quantitative estimate of drug-likeness (QED) is 0.210. The molecule has 5 aromatic rings. The predicted molar refractivity (Wildman–Crippen MR) is 182 cm³/mol. The van der Waals surface area contributed by atoms with Gasteiger partial charge in [-0.2, -0.15) is 0 Å². The van der Waals surface area contributed by atoms with E-state index in [1.54, 1.807) is 30.3 Å². The van der Waals surface area contributed by atoms with Crippen LogP contribution < -0.4 is 20.6 Å². The van der Waals surface area contributed by atoms with Crippen LogP contribution in [0.25, 0.3) is 21.9 Å². The number of ether oxygens (including phenoxy) is 1. The van der Waals surface area contributed by atoms with Gasteiger partial charge in [-0.15, -0.1) is 4.73 Å². The zero-order valence-electron chi connectivity index (χ0n) is 27.7. The monoisotopic (exact) mass is 640 g/mol. The minimum Gasteiger partial charge on any atom is -0.456 e. The Labute approximate surface area is 273 Å². The Morgan fingerprint density at radius 2 is 1.62 bits per heavy atom. The van der Waals surface area contributed by atoms with E-state index in [4.69, 9.17) is 19.5 Å². The molecule has 6 rings (SSSR count). The van der Waals surface area contributed by atoms with Crippen LogP contribution in [0, 0.1) is 5.82 Å². The fourth-order valence-corrected chi connectivity index (χ4v) is 5.70. The number of hydrogen-bond acceptors (Lipinski definition) is 8. The van der Waals surface area contributed by atoms with Crippen molar-refractivity contribution in [2.75, 3.05) is 23.3 Å². The Hall–Kier alpha value is -4.93. The normalized spacial score (nSPS) is 14.5. The minimum atomic E-state index is -0.659. The van der Waals surface area contributed by atoms with E-state index < -0.39 is 17.2 Å². The fraction of sp³-hybridized carbons (Fsp3) is 0.389. The van der Waals surface area contributed by atoms with Crippen molar-refractivity contribution < 1.29 is 18.8 Å². The standard InChI is InChI=1S/C36H41FN6O4/c1-35(2,3)46-32(45)24-13-16-27-29(21-24)40-34(43(31(27)44)47-36(4,5)6)41-19-17-26(18-20-41)38-33-39-28-9-7-8-10-30(28)42(33)22-23-11-14-25(37)15-12-23/h7-16,21,26H,17-20,22H2,1-6H3,(H,38,39). The zero-order valence-corrected chi connectivity index (χ0v) is 27.7. The van der Waals surface area contributed by atoms with Gasteiger partial charge in [0, 0.05) is 19.1 Å². The summed E-state index contributed by atoms with van der Waals surface area (Å²) in [6.45, 7) is 12.8. The van der Waals surface area contributed by atoms with Crippen LogP contribution in [0.1, 0.15) is 70.3 Å². The highest BCUT2D eigenvalue weighted by Gasteiger charge is 2.28. The molecule has 1 N–H and O–H groups in total. The number of benzene rings is 3. The number of nitrogens with one attached hydrogen (secondary N) is 1. The molecule has 0 spiro atoms. The van der Waals surface area contributed by atoms with Gasteiger partial charge in [-0.1, -0.05) is 24.3 Å². The maximum Gasteiger partial charge on any atom is 0.338 e. The summed E-state index contributed by atoms with van der Waals surface area (Å²) in [4.78, 5) is 44.6. The number of piperidine rings is 1. The lowest BCUT2D eigenvalue weighted by Gasteiger charge is -2.35. The molecule has 11 heteroatoms. The first-order chi connectivity index (χ1) is 22.2. The molecular weight excluding hydrogens is 599 g/mol. The molecule has 47 heavy (non-hydrogen) atoms. The van der Waals surface area contributed by atoms with E-state index in [0.717, 1.165) is 35.4 Å². The Morgan fingerprint density at radius 3 is 2.30 bits per heavy atom. The predicted octanol–water partition coefficient (Wildman–Crippen LogP) is 6.20. The number of esters is 1. The lowest BCUT2D eigenvalue weighted by molar-refractivity contribution is -0.0190. The molecule has 0 aliphatic carbocycles. The molecule has 3 heterocycles. The molecule has 0 bridgehead atoms. The Bertz CT molecular complexity index is 1980. The number of para-hydroxylation sites is 2. The number of fused-ring (bicyclic) bond motifs is 2. The maximum absolute atomic E-state index is 13.8. The van der Waals surface area contributed by atoms with Crippen molar-refractivity contribution >= 4 is 39.8 Å². The largest absolute Gasteiger partial charge is 0.456 e. The van der Waals surface area contributed by atoms with Crippen LogP contribution in [0.4, 0.5) is 16.3 Å². The van der Waals surface area contributed by atoms with Crippen molar-refractivity contribution in [1.82, 2.24) is 19.3 Å². The first-order valence-corrected chi connectivity index (χ1v) is 15.9. The second-order valence-electron chi connectivity index (χ2n) is 14.0. The molecule has 3 aromatic carbocycles. The molecule has 2 aromatic heterocycles. The highest BCUT2D eigenvalue weighted by Crippen LogP contribution is 2.26. The highest BCUT2D eigenvalue weighted by molar-refractivity contribution is 5.94. The summed E-state index contributed by atoms with van der Waals surface area (Å²) < 4.78 is 22.5. The summed E-state index contributed by atoms with van der Waals surface area (Å²) in [7, 11) is 0. The van der Waals surface area contributed by atoms with Gasteiger partial charge in [0.25, 0.3) is 5.56 Å². The molecule has 0 unspecified atom stereocenters. The third-order valence-electron chi connectivity index (χ3n) is 7.83. The lowest BCUT2D eigenvalue weighted by Crippen LogP contribution is -2.46. The summed E-state index contributed by atoms with van der Waals surface area (Å²) in [6.07, 6.45) is 1.50. The number of halogens is 1. The van der Waals surface area contributed by atoms with E-state index >= 15 is 0 Å². The van der Waals surface area contributed by atoms with Crippen molar-refractivity contribution in [2.24, 2.45) is 0 Å². The average molecular weight is 641 g/mol. The van der Waals surface area contributed by atoms with Crippen LogP contribution >= 0.6 is 0 Å². The molecule has 0 radical (unpaired) electrons. The second kappa shape index (κ2) is 12.4. The van der Waals surface area contributed by atoms with Crippen LogP contribution in [0.15, 0.2) is 71.5 Å². The average Bonchev–Trinajstić information content (AvgIpc) is 3.34. The molecular formula is C36H41FN6O4. The van der Waals surface area contributed by atoms with Gasteiger partial charge < -0.3 is 24.4 Å². The topological polar surface area (TPSA) is 104 Å². The Kier molecular flexibility index (Phi) is 8.42. The third kappa shape index (κ3) is 7.24. The number of carbonyl (C=O) groups excluding carboxylic acids is 1. The summed E-state index contributed by atoms with van der Waals surface area (Å²) in [5.74, 6) is 0.397. The minimum absolute atomic E-state index is 0.109. The molecule has 1 fully saturated rings. The van der Waals surface area contributed by atoms with E-state index in [1.807, 2.05) is 70.7 Å². The number of rotatable bonds is 7. The van der Waals surface area contributed by atoms with Gasteiger partial charge in [0.2, 0.25) is 11.9 Å². The van der Waals surface area contributed by atoms with Gasteiger partial charge in [-0.3, -0.25) is 4.79 Å². The molecule has 0 atom stereocenters. The van der Waals surface area contributed by atoms with Gasteiger partial charge in [-0.05, 0) is 102 Å². The fourth-order valence-electron chi connectivity index (χ4n) is 5.70. The highest BCUT2D eigenvalue weighted by atomic mass is 19.1. The molecule has 246 valence electrons. The maximum atomic E-state index is 13.8. The van der Waals surface area contributed by atoms with Crippen LogP contribution in [-0.2, 0) is 11.3 Å². The molecule has 1 aliphatic rings. The first-order valence-electron chi connectivity index (χ1n) is 15.9. The van der Waals surface area contributed by atoms with Crippen molar-refractivity contribution in [3.05, 3.63) is 94.0 Å². The van der Waals surface area contributed by atoms with Crippen molar-refractivity contribution in [2.45, 2.75) is 78.2 Å². The zero-order chi connectivity index (χ0) is 33.5. The number of aromatic nitrogens is 4. The summed E-state index contributed by atoms with van der Waals surface area (Å²) in [6, 6.07) is 19.4. The van der Waals surface area contributed by atoms with Gasteiger partial charge in [0.05, 0.1) is 34.0 Å². The Balaban J connectivity index is 1.26. The number of imidazole rings is 1. The summed E-state index contributed by atoms with van der Waals surface area (Å²) >= 11 is 0. The second-order valence-corrected chi connectivity index (χ2v) is 14.0. The van der Waals surface area contributed by atoms with Crippen molar-refractivity contribution in [1.29, 1.82) is 0 Å². The van der Waals surface area contributed by atoms with Gasteiger partial charge >= 0.3 is 5.97 Å². The van der Waals surface area contributed by atoms with Crippen LogP contribution in [0.2, 0.25) is 0 Å². The van der Waals surface area contributed by atoms with E-state index in [-0.39, 0.29) is 17.4 Å². The molecule has 1 aliphatic heterocycles. The molecule has 0 saturated carbocycles. The first kappa shape index (κ1) is 32.0. The Morgan fingerprint density at radius 1 is 0.915 bits per heavy atom. The van der Waals surface area contributed by atoms with E-state index in [1.165, 1.54) is 16.9 Å². The molecule has 0 amide bonds. The molecule has 10 nitrogen and oxygen atoms in total. The van der Waals surface area contributed by atoms with Crippen LogP contribution in [-0.4, -0.2) is 55.6 Å². The van der Waals surface area contributed by atoms with Crippen LogP contribution in [0.3, 0.4) is 0 Å². The van der Waals surface area contributed by atoms with Crippen LogP contribution in [0.5, 0.6) is 0 Å². The van der Waals surface area contributed by atoms with Crippen molar-refractivity contribution in [3.8, 4) is 0 Å². The van der Waals surface area contributed by atoms with Crippen molar-refractivity contribution in [3.63, 3.8) is 0 Å². The summed E-state index contributed by atoms with van der Waals surface area (Å²) in [5.41, 5.74) is 1.91. The SMILES string of the molecule is CC(C)(C)OC(=O)c1ccc2c(=O)n(OC(C)(C)C)c(N3CCC(Nc4nc5ccccc5n4Cc4ccc(F)cc4)CC3)nc2c1. The third-order valence-corrected chi connectivity index (χ3v) is 7.83. The van der Waals surface area contributed by atoms with E-state index in [2.05, 4.69) is 9.88 Å². The smallest absolute Gasteiger partial charge is 0.338 e. The lowest BCUT2D eigenvalue weighted by atomic mass is 10.1. The van der Waals surface area contributed by atoms with Gasteiger partial charge in [-0.25, -0.2) is 19.2 Å². The number of hydrogen-bond donors (Lipinski definition) is 1.